The molecular weight excluding hydrogens is 274 g/mol. The van der Waals surface area contributed by atoms with Crippen molar-refractivity contribution in [3.63, 3.8) is 0 Å². The zero-order valence-corrected chi connectivity index (χ0v) is 12.2. The minimum absolute atomic E-state index is 0.00809. The number of aromatic amines is 1. The van der Waals surface area contributed by atoms with E-state index in [4.69, 9.17) is 10.5 Å². The number of H-pyrrole nitrogens is 1. The molecule has 2 rings (SSSR count). The average molecular weight is 295 g/mol. The highest BCUT2D eigenvalue weighted by atomic mass is 16.5. The zero-order chi connectivity index (χ0) is 15.4. The molecule has 2 aromatic rings. The number of fused-ring (bicyclic) bond motifs is 1. The Labute approximate surface area is 122 Å². The van der Waals surface area contributed by atoms with Crippen molar-refractivity contribution in [1.82, 2.24) is 19.5 Å². The third kappa shape index (κ3) is 3.59. The first kappa shape index (κ1) is 15.5. The zero-order valence-electron chi connectivity index (χ0n) is 12.2. The van der Waals surface area contributed by atoms with Crippen LogP contribution >= 0.6 is 0 Å². The highest BCUT2D eigenvalue weighted by Gasteiger charge is 2.16. The molecule has 8 heteroatoms. The summed E-state index contributed by atoms with van der Waals surface area (Å²) < 4.78 is 7.23. The Balaban J connectivity index is 2.20. The van der Waals surface area contributed by atoms with Gasteiger partial charge in [0.15, 0.2) is 11.2 Å². The summed E-state index contributed by atoms with van der Waals surface area (Å²) in [7, 11) is 0. The van der Waals surface area contributed by atoms with Crippen LogP contribution in [0.3, 0.4) is 0 Å². The van der Waals surface area contributed by atoms with Gasteiger partial charge in [-0.1, -0.05) is 0 Å². The molecule has 1 unspecified atom stereocenters. The first-order valence-corrected chi connectivity index (χ1v) is 6.98. The van der Waals surface area contributed by atoms with Gasteiger partial charge in [-0.2, -0.15) is 4.98 Å². The van der Waals surface area contributed by atoms with Gasteiger partial charge in [0.25, 0.3) is 5.56 Å². The summed E-state index contributed by atoms with van der Waals surface area (Å²) in [5, 5.41) is 9.52. The Morgan fingerprint density at radius 3 is 3.00 bits per heavy atom. The van der Waals surface area contributed by atoms with Gasteiger partial charge in [-0.25, -0.2) is 4.98 Å². The van der Waals surface area contributed by atoms with E-state index in [1.54, 1.807) is 10.9 Å². The van der Waals surface area contributed by atoms with Crippen molar-refractivity contribution in [1.29, 1.82) is 0 Å². The molecule has 2 atom stereocenters. The van der Waals surface area contributed by atoms with Crippen LogP contribution in [-0.4, -0.2) is 43.9 Å². The molecule has 4 N–H and O–H groups in total. The minimum atomic E-state index is -0.362. The quantitative estimate of drug-likeness (QED) is 0.667. The smallest absolute Gasteiger partial charge is 0.280 e. The Morgan fingerprint density at radius 2 is 2.33 bits per heavy atom. The van der Waals surface area contributed by atoms with Crippen molar-refractivity contribution in [2.75, 3.05) is 18.9 Å². The molecule has 2 heterocycles. The number of aliphatic hydroxyl groups excluding tert-OH is 1. The summed E-state index contributed by atoms with van der Waals surface area (Å²) in [6.45, 7) is 5.07. The number of aliphatic hydroxyl groups is 1. The second kappa shape index (κ2) is 6.68. The van der Waals surface area contributed by atoms with Crippen LogP contribution in [0.5, 0.6) is 0 Å². The number of ether oxygens (including phenoxy) is 1. The number of anilines is 1. The molecule has 21 heavy (non-hydrogen) atoms. The fourth-order valence-electron chi connectivity index (χ4n) is 2.41. The molecule has 0 amide bonds. The lowest BCUT2D eigenvalue weighted by Crippen LogP contribution is -2.21. The fraction of sp³-hybridized carbons (Fsp3) is 0.615. The summed E-state index contributed by atoms with van der Waals surface area (Å²) in [6.07, 6.45) is 2.31. The normalized spacial score (nSPS) is 14.4. The molecule has 8 nitrogen and oxygen atoms in total. The molecule has 0 aliphatic carbocycles. The van der Waals surface area contributed by atoms with E-state index in [1.807, 2.05) is 13.8 Å². The topological polar surface area (TPSA) is 119 Å². The maximum Gasteiger partial charge on any atom is 0.280 e. The first-order chi connectivity index (χ1) is 10.0. The fourth-order valence-corrected chi connectivity index (χ4v) is 2.41. The van der Waals surface area contributed by atoms with Crippen molar-refractivity contribution < 1.29 is 9.84 Å². The lowest BCUT2D eigenvalue weighted by Gasteiger charge is -2.19. The van der Waals surface area contributed by atoms with Crippen LogP contribution in [0.15, 0.2) is 11.1 Å². The standard InChI is InChI=1S/C13H21N5O3/c1-3-21-8(2)4-9(6-19)5-18-7-15-10-11(18)16-13(14)17-12(10)20/h7-9,19H,3-6H2,1-2H3,(H3,14,16,17,20)/t8?,9-/m1/s1. The number of aromatic nitrogens is 4. The SMILES string of the molecule is CCOC(C)C[C@@H](CO)Cn1cnc2c(=O)[nH]c(N)nc21. The van der Waals surface area contributed by atoms with Crippen LogP contribution in [0.4, 0.5) is 5.95 Å². The molecule has 0 aromatic carbocycles. The van der Waals surface area contributed by atoms with Crippen LogP contribution in [0.1, 0.15) is 20.3 Å². The summed E-state index contributed by atoms with van der Waals surface area (Å²) >= 11 is 0. The summed E-state index contributed by atoms with van der Waals surface area (Å²) in [4.78, 5) is 22.3. The number of nitrogens with two attached hydrogens (primary N) is 1. The van der Waals surface area contributed by atoms with E-state index in [9.17, 15) is 9.90 Å². The van der Waals surface area contributed by atoms with Crippen molar-refractivity contribution >= 4 is 17.1 Å². The van der Waals surface area contributed by atoms with Gasteiger partial charge in [0.1, 0.15) is 0 Å². The Hall–Kier alpha value is -1.93. The Morgan fingerprint density at radius 1 is 1.57 bits per heavy atom. The van der Waals surface area contributed by atoms with E-state index in [1.165, 1.54) is 0 Å². The maximum absolute atomic E-state index is 11.7. The Kier molecular flexibility index (Phi) is 4.92. The number of nitrogens with one attached hydrogen (secondary N) is 1. The number of nitrogens with zero attached hydrogens (tertiary/aromatic N) is 3. The molecule has 0 aliphatic rings. The molecule has 0 saturated carbocycles. The van der Waals surface area contributed by atoms with Gasteiger partial charge in [0.05, 0.1) is 12.4 Å². The minimum Gasteiger partial charge on any atom is -0.396 e. The van der Waals surface area contributed by atoms with Crippen molar-refractivity contribution in [2.45, 2.75) is 32.9 Å². The van der Waals surface area contributed by atoms with Crippen molar-refractivity contribution in [2.24, 2.45) is 5.92 Å². The third-order valence-corrected chi connectivity index (χ3v) is 3.32. The van der Waals surface area contributed by atoms with E-state index in [-0.39, 0.29) is 35.7 Å². The second-order valence-electron chi connectivity index (χ2n) is 5.07. The molecular formula is C13H21N5O3. The van der Waals surface area contributed by atoms with Crippen molar-refractivity contribution in [3.8, 4) is 0 Å². The van der Waals surface area contributed by atoms with Gasteiger partial charge >= 0.3 is 0 Å². The number of rotatable bonds is 7. The molecule has 116 valence electrons. The number of hydrogen-bond donors (Lipinski definition) is 3. The summed E-state index contributed by atoms with van der Waals surface area (Å²) in [6, 6.07) is 0. The van der Waals surface area contributed by atoms with Crippen LogP contribution in [0, 0.1) is 5.92 Å². The van der Waals surface area contributed by atoms with Crippen LogP contribution in [0.2, 0.25) is 0 Å². The van der Waals surface area contributed by atoms with E-state index in [0.717, 1.165) is 0 Å². The third-order valence-electron chi connectivity index (χ3n) is 3.32. The van der Waals surface area contributed by atoms with Gasteiger partial charge in [0, 0.05) is 25.7 Å². The largest absolute Gasteiger partial charge is 0.396 e. The van der Waals surface area contributed by atoms with Crippen LogP contribution in [0.25, 0.3) is 11.2 Å². The van der Waals surface area contributed by atoms with Gasteiger partial charge in [0.2, 0.25) is 5.95 Å². The molecule has 0 saturated heterocycles. The molecule has 0 fully saturated rings. The first-order valence-electron chi connectivity index (χ1n) is 6.98. The van der Waals surface area contributed by atoms with Gasteiger partial charge in [-0.3, -0.25) is 9.78 Å². The molecule has 0 aliphatic heterocycles. The van der Waals surface area contributed by atoms with E-state index < -0.39 is 0 Å². The van der Waals surface area contributed by atoms with E-state index in [0.29, 0.717) is 25.2 Å². The Bertz CT molecular complexity index is 651. The highest BCUT2D eigenvalue weighted by molar-refractivity contribution is 5.70. The number of imidazole rings is 1. The van der Waals surface area contributed by atoms with E-state index >= 15 is 0 Å². The monoisotopic (exact) mass is 295 g/mol. The maximum atomic E-state index is 11.7. The number of hydrogen-bond acceptors (Lipinski definition) is 6. The number of nitrogen functional groups attached to an aromatic ring is 1. The predicted octanol–water partition coefficient (Wildman–Crippen LogP) is 0.125. The summed E-state index contributed by atoms with van der Waals surface area (Å²) in [5.41, 5.74) is 5.88. The predicted molar refractivity (Wildman–Crippen MR) is 78.8 cm³/mol. The molecule has 2 aromatic heterocycles. The lowest BCUT2D eigenvalue weighted by atomic mass is 10.0. The second-order valence-corrected chi connectivity index (χ2v) is 5.07. The van der Waals surface area contributed by atoms with Crippen LogP contribution in [-0.2, 0) is 11.3 Å². The molecule has 0 spiro atoms. The van der Waals surface area contributed by atoms with E-state index in [2.05, 4.69) is 15.0 Å². The highest BCUT2D eigenvalue weighted by Crippen LogP contribution is 2.15. The molecule has 0 radical (unpaired) electrons. The summed E-state index contributed by atoms with van der Waals surface area (Å²) in [5.74, 6) is 0.0451. The van der Waals surface area contributed by atoms with Gasteiger partial charge < -0.3 is 20.1 Å². The van der Waals surface area contributed by atoms with Gasteiger partial charge in [-0.05, 0) is 20.3 Å². The van der Waals surface area contributed by atoms with Crippen LogP contribution < -0.4 is 11.3 Å². The van der Waals surface area contributed by atoms with Gasteiger partial charge in [-0.15, -0.1) is 0 Å². The average Bonchev–Trinajstić information content (AvgIpc) is 2.81. The lowest BCUT2D eigenvalue weighted by molar-refractivity contribution is 0.0457. The molecule has 0 bridgehead atoms. The van der Waals surface area contributed by atoms with Crippen molar-refractivity contribution in [3.05, 3.63) is 16.7 Å².